The van der Waals surface area contributed by atoms with E-state index in [1.807, 2.05) is 4.90 Å². The Hall–Kier alpha value is -0.320. The Morgan fingerprint density at radius 1 is 1.21 bits per heavy atom. The smallest absolute Gasteiger partial charge is 0.242 e. The maximum atomic E-state index is 12.5. The van der Waals surface area contributed by atoms with Crippen LogP contribution in [0.1, 0.15) is 46.0 Å². The summed E-state index contributed by atoms with van der Waals surface area (Å²) in [5.41, 5.74) is 6.00. The number of nitrogens with zero attached hydrogens (tertiary/aromatic N) is 1. The summed E-state index contributed by atoms with van der Waals surface area (Å²) in [5.74, 6) is 0.143. The van der Waals surface area contributed by atoms with E-state index in [1.54, 1.807) is 0 Å². The van der Waals surface area contributed by atoms with Crippen LogP contribution in [0.2, 0.25) is 0 Å². The van der Waals surface area contributed by atoms with E-state index in [0.29, 0.717) is 31.5 Å². The lowest BCUT2D eigenvalue weighted by atomic mass is 9.77. The molecule has 0 aromatic rings. The highest BCUT2D eigenvalue weighted by Gasteiger charge is 2.41. The summed E-state index contributed by atoms with van der Waals surface area (Å²) in [6, 6.07) is 0. The van der Waals surface area contributed by atoms with Crippen molar-refractivity contribution in [2.75, 3.05) is 26.3 Å². The number of rotatable bonds is 2. The fourth-order valence-corrected chi connectivity index (χ4v) is 2.87. The summed E-state index contributed by atoms with van der Waals surface area (Å²) < 4.78 is 5.30. The Kier molecular flexibility index (Phi) is 5.65. The molecule has 0 unspecified atom stereocenters. The average molecular weight is 291 g/mol. The fourth-order valence-electron chi connectivity index (χ4n) is 2.87. The van der Waals surface area contributed by atoms with Crippen molar-refractivity contribution in [3.63, 3.8) is 0 Å². The highest BCUT2D eigenvalue weighted by Crippen LogP contribution is 2.35. The van der Waals surface area contributed by atoms with Crippen LogP contribution in [0, 0.1) is 5.41 Å². The van der Waals surface area contributed by atoms with Gasteiger partial charge in [0.1, 0.15) is 0 Å². The van der Waals surface area contributed by atoms with Gasteiger partial charge in [0.15, 0.2) is 0 Å². The van der Waals surface area contributed by atoms with Crippen LogP contribution >= 0.6 is 12.4 Å². The minimum absolute atomic E-state index is 0. The zero-order valence-electron chi connectivity index (χ0n) is 12.1. The summed E-state index contributed by atoms with van der Waals surface area (Å²) in [4.78, 5) is 14.5. The van der Waals surface area contributed by atoms with Crippen LogP contribution in [0.4, 0.5) is 0 Å². The van der Waals surface area contributed by atoms with Gasteiger partial charge in [-0.3, -0.25) is 4.79 Å². The lowest BCUT2D eigenvalue weighted by Gasteiger charge is -2.43. The van der Waals surface area contributed by atoms with Crippen molar-refractivity contribution in [3.05, 3.63) is 0 Å². The lowest BCUT2D eigenvalue weighted by Crippen LogP contribution is -2.59. The number of hydrogen-bond acceptors (Lipinski definition) is 3. The first-order valence-electron chi connectivity index (χ1n) is 7.15. The monoisotopic (exact) mass is 290 g/mol. The first kappa shape index (κ1) is 16.7. The maximum absolute atomic E-state index is 12.5. The number of piperidine rings is 1. The molecule has 112 valence electrons. The maximum Gasteiger partial charge on any atom is 0.242 e. The molecule has 2 fully saturated rings. The highest BCUT2D eigenvalue weighted by molar-refractivity contribution is 5.86. The molecule has 0 spiro atoms. The Balaban J connectivity index is 0.00000180. The van der Waals surface area contributed by atoms with Gasteiger partial charge in [-0.2, -0.15) is 0 Å². The number of hydrogen-bond donors (Lipinski definition) is 1. The standard InChI is InChI=1S/C14H26N2O2.ClH/c1-3-13(2)4-8-16(9-5-13)12(17)14(15)6-10-18-11-7-14;/h3-11,15H2,1-2H3;1H. The number of amides is 1. The van der Waals surface area contributed by atoms with Crippen molar-refractivity contribution in [3.8, 4) is 0 Å². The molecule has 2 rings (SSSR count). The molecule has 0 saturated carbocycles. The van der Waals surface area contributed by atoms with Gasteiger partial charge in [-0.1, -0.05) is 20.3 Å². The third-order valence-corrected chi connectivity index (χ3v) is 4.92. The molecule has 0 radical (unpaired) electrons. The molecule has 0 aliphatic carbocycles. The van der Waals surface area contributed by atoms with Crippen molar-refractivity contribution in [1.82, 2.24) is 4.90 Å². The molecule has 2 aliphatic rings. The quantitative estimate of drug-likeness (QED) is 0.846. The van der Waals surface area contributed by atoms with Crippen LogP contribution in [-0.4, -0.2) is 42.6 Å². The Morgan fingerprint density at radius 3 is 2.21 bits per heavy atom. The summed E-state index contributed by atoms with van der Waals surface area (Å²) in [6.45, 7) is 7.51. The molecule has 0 atom stereocenters. The van der Waals surface area contributed by atoms with E-state index in [-0.39, 0.29) is 18.3 Å². The second kappa shape index (κ2) is 6.42. The molecular formula is C14H27ClN2O2. The van der Waals surface area contributed by atoms with Gasteiger partial charge < -0.3 is 15.4 Å². The second-order valence-corrected chi connectivity index (χ2v) is 6.22. The van der Waals surface area contributed by atoms with E-state index < -0.39 is 5.54 Å². The Bertz CT molecular complexity index is 309. The largest absolute Gasteiger partial charge is 0.381 e. The van der Waals surface area contributed by atoms with Crippen LogP contribution in [-0.2, 0) is 9.53 Å². The normalized spacial score (nSPS) is 25.5. The van der Waals surface area contributed by atoms with Crippen molar-refractivity contribution >= 4 is 18.3 Å². The van der Waals surface area contributed by atoms with E-state index in [0.717, 1.165) is 25.9 Å². The van der Waals surface area contributed by atoms with E-state index in [4.69, 9.17) is 10.5 Å². The van der Waals surface area contributed by atoms with Gasteiger partial charge in [-0.15, -0.1) is 12.4 Å². The molecule has 1 amide bonds. The molecule has 5 heteroatoms. The van der Waals surface area contributed by atoms with Crippen LogP contribution in [0.5, 0.6) is 0 Å². The minimum atomic E-state index is -0.668. The highest BCUT2D eigenvalue weighted by atomic mass is 35.5. The SMILES string of the molecule is CCC1(C)CCN(C(=O)C2(N)CCOCC2)CC1.Cl. The van der Waals surface area contributed by atoms with Crippen molar-refractivity contribution in [2.24, 2.45) is 11.1 Å². The molecule has 2 heterocycles. The van der Waals surface area contributed by atoms with Crippen molar-refractivity contribution in [1.29, 1.82) is 0 Å². The zero-order chi connectivity index (χ0) is 13.2. The average Bonchev–Trinajstić information content (AvgIpc) is 2.40. The second-order valence-electron chi connectivity index (χ2n) is 6.22. The van der Waals surface area contributed by atoms with Gasteiger partial charge in [0.2, 0.25) is 5.91 Å². The van der Waals surface area contributed by atoms with E-state index in [1.165, 1.54) is 6.42 Å². The third-order valence-electron chi connectivity index (χ3n) is 4.92. The van der Waals surface area contributed by atoms with Crippen molar-refractivity contribution in [2.45, 2.75) is 51.5 Å². The van der Waals surface area contributed by atoms with Gasteiger partial charge in [0.25, 0.3) is 0 Å². The van der Waals surface area contributed by atoms with Gasteiger partial charge in [0, 0.05) is 26.3 Å². The molecule has 2 aliphatic heterocycles. The number of carbonyl (C=O) groups excluding carboxylic acids is 1. The predicted molar refractivity (Wildman–Crippen MR) is 78.4 cm³/mol. The molecule has 0 aromatic carbocycles. The molecule has 4 nitrogen and oxygen atoms in total. The molecule has 0 bridgehead atoms. The zero-order valence-corrected chi connectivity index (χ0v) is 12.9. The molecule has 19 heavy (non-hydrogen) atoms. The summed E-state index contributed by atoms with van der Waals surface area (Å²) >= 11 is 0. The van der Waals surface area contributed by atoms with Gasteiger partial charge in [0.05, 0.1) is 5.54 Å². The van der Waals surface area contributed by atoms with Gasteiger partial charge >= 0.3 is 0 Å². The first-order chi connectivity index (χ1) is 8.49. The third kappa shape index (κ3) is 3.61. The Morgan fingerprint density at radius 2 is 1.74 bits per heavy atom. The number of carbonyl (C=O) groups is 1. The molecule has 2 saturated heterocycles. The van der Waals surface area contributed by atoms with Crippen LogP contribution in [0.3, 0.4) is 0 Å². The van der Waals surface area contributed by atoms with Crippen LogP contribution in [0.25, 0.3) is 0 Å². The van der Waals surface area contributed by atoms with Gasteiger partial charge in [-0.05, 0) is 31.1 Å². The fraction of sp³-hybridized carbons (Fsp3) is 0.929. The minimum Gasteiger partial charge on any atom is -0.381 e. The molecule has 2 N–H and O–H groups in total. The Labute approximate surface area is 122 Å². The number of likely N-dealkylation sites (tertiary alicyclic amines) is 1. The summed E-state index contributed by atoms with van der Waals surface area (Å²) in [5, 5.41) is 0. The van der Waals surface area contributed by atoms with E-state index >= 15 is 0 Å². The molecule has 0 aromatic heterocycles. The predicted octanol–water partition coefficient (Wildman–Crippen LogP) is 1.95. The van der Waals surface area contributed by atoms with E-state index in [2.05, 4.69) is 13.8 Å². The van der Waals surface area contributed by atoms with E-state index in [9.17, 15) is 4.79 Å². The number of halogens is 1. The first-order valence-corrected chi connectivity index (χ1v) is 7.15. The molecular weight excluding hydrogens is 264 g/mol. The summed E-state index contributed by atoms with van der Waals surface area (Å²) in [7, 11) is 0. The van der Waals surface area contributed by atoms with Crippen LogP contribution < -0.4 is 5.73 Å². The number of ether oxygens (including phenoxy) is 1. The summed E-state index contributed by atoms with van der Waals surface area (Å²) in [6.07, 6.45) is 4.71. The van der Waals surface area contributed by atoms with Gasteiger partial charge in [-0.25, -0.2) is 0 Å². The topological polar surface area (TPSA) is 55.6 Å². The number of nitrogens with two attached hydrogens (primary N) is 1. The lowest BCUT2D eigenvalue weighted by molar-refractivity contribution is -0.142. The van der Waals surface area contributed by atoms with Crippen molar-refractivity contribution < 1.29 is 9.53 Å². The van der Waals surface area contributed by atoms with Crippen LogP contribution in [0.15, 0.2) is 0 Å².